The molecule has 2 unspecified atom stereocenters. The Hall–Kier alpha value is -1.23. The summed E-state index contributed by atoms with van der Waals surface area (Å²) in [5.41, 5.74) is 7.00. The van der Waals surface area contributed by atoms with Crippen molar-refractivity contribution < 1.29 is 0 Å². The minimum absolute atomic E-state index is 0.279. The number of hydrogen-bond donors (Lipinski definition) is 2. The SMILES string of the molecule is Cc1nc(CC(NN)C2Cc3ccccc32)cs1. The predicted molar refractivity (Wildman–Crippen MR) is 74.6 cm³/mol. The molecule has 0 saturated heterocycles. The number of rotatable bonds is 4. The summed E-state index contributed by atoms with van der Waals surface area (Å²) < 4.78 is 0. The fourth-order valence-electron chi connectivity index (χ4n) is 2.70. The highest BCUT2D eigenvalue weighted by molar-refractivity contribution is 7.09. The molecule has 1 aliphatic carbocycles. The number of nitrogens with zero attached hydrogens (tertiary/aromatic N) is 1. The van der Waals surface area contributed by atoms with Crippen molar-refractivity contribution in [2.24, 2.45) is 5.84 Å². The third kappa shape index (κ3) is 2.07. The van der Waals surface area contributed by atoms with E-state index >= 15 is 0 Å². The second-order valence-corrected chi connectivity index (χ2v) is 5.91. The zero-order valence-electron chi connectivity index (χ0n) is 10.4. The summed E-state index contributed by atoms with van der Waals surface area (Å²) in [5, 5.41) is 3.25. The van der Waals surface area contributed by atoms with Crippen molar-refractivity contribution in [1.82, 2.24) is 10.4 Å². The number of hydrogen-bond acceptors (Lipinski definition) is 4. The Bertz CT molecular complexity index is 549. The molecule has 94 valence electrons. The summed E-state index contributed by atoms with van der Waals surface area (Å²) in [6, 6.07) is 8.89. The first-order valence-electron chi connectivity index (χ1n) is 6.23. The third-order valence-corrected chi connectivity index (χ3v) is 4.51. The van der Waals surface area contributed by atoms with Gasteiger partial charge in [0.15, 0.2) is 0 Å². The van der Waals surface area contributed by atoms with Crippen molar-refractivity contribution in [1.29, 1.82) is 0 Å². The summed E-state index contributed by atoms with van der Waals surface area (Å²) >= 11 is 1.70. The quantitative estimate of drug-likeness (QED) is 0.653. The zero-order chi connectivity index (χ0) is 12.5. The number of nitrogens with two attached hydrogens (primary N) is 1. The van der Waals surface area contributed by atoms with Crippen LogP contribution in [0, 0.1) is 6.92 Å². The van der Waals surface area contributed by atoms with Gasteiger partial charge in [-0.2, -0.15) is 0 Å². The van der Waals surface area contributed by atoms with Gasteiger partial charge >= 0.3 is 0 Å². The highest BCUT2D eigenvalue weighted by Gasteiger charge is 2.32. The van der Waals surface area contributed by atoms with Gasteiger partial charge in [0.25, 0.3) is 0 Å². The molecule has 0 radical (unpaired) electrons. The van der Waals surface area contributed by atoms with E-state index in [1.165, 1.54) is 11.1 Å². The van der Waals surface area contributed by atoms with Crippen molar-refractivity contribution in [3.63, 3.8) is 0 Å². The van der Waals surface area contributed by atoms with E-state index in [9.17, 15) is 0 Å². The van der Waals surface area contributed by atoms with Crippen LogP contribution in [0.5, 0.6) is 0 Å². The molecule has 0 amide bonds. The van der Waals surface area contributed by atoms with E-state index in [-0.39, 0.29) is 6.04 Å². The van der Waals surface area contributed by atoms with Gasteiger partial charge in [-0.3, -0.25) is 11.3 Å². The van der Waals surface area contributed by atoms with E-state index in [0.717, 1.165) is 23.5 Å². The normalized spacial score (nSPS) is 19.1. The molecular formula is C14H17N3S. The number of benzene rings is 1. The maximum Gasteiger partial charge on any atom is 0.0897 e. The molecule has 0 spiro atoms. The second kappa shape index (κ2) is 4.80. The minimum atomic E-state index is 0.279. The van der Waals surface area contributed by atoms with Crippen LogP contribution in [0.3, 0.4) is 0 Å². The van der Waals surface area contributed by atoms with Gasteiger partial charge in [-0.25, -0.2) is 4.98 Å². The second-order valence-electron chi connectivity index (χ2n) is 4.84. The molecule has 0 saturated carbocycles. The molecule has 2 atom stereocenters. The fourth-order valence-corrected chi connectivity index (χ4v) is 3.33. The van der Waals surface area contributed by atoms with Crippen molar-refractivity contribution >= 4 is 11.3 Å². The van der Waals surface area contributed by atoms with Crippen LogP contribution in [0.4, 0.5) is 0 Å². The Labute approximate surface area is 111 Å². The molecule has 2 aromatic rings. The molecule has 0 bridgehead atoms. The largest absolute Gasteiger partial charge is 0.271 e. The smallest absolute Gasteiger partial charge is 0.0897 e. The maximum absolute atomic E-state index is 5.72. The average Bonchev–Trinajstić information content (AvgIpc) is 2.75. The standard InChI is InChI=1S/C14H17N3S/c1-9-16-11(8-18-9)7-14(17-15)13-6-10-4-2-3-5-12(10)13/h2-5,8,13-14,17H,6-7,15H2,1H3. The van der Waals surface area contributed by atoms with Gasteiger partial charge in [0, 0.05) is 23.8 Å². The summed E-state index contributed by atoms with van der Waals surface area (Å²) in [7, 11) is 0. The van der Waals surface area contributed by atoms with Crippen molar-refractivity contribution in [2.75, 3.05) is 0 Å². The molecule has 0 aliphatic heterocycles. The highest BCUT2D eigenvalue weighted by atomic mass is 32.1. The van der Waals surface area contributed by atoms with E-state index in [2.05, 4.69) is 40.1 Å². The van der Waals surface area contributed by atoms with Crippen LogP contribution >= 0.6 is 11.3 Å². The number of aromatic nitrogens is 1. The van der Waals surface area contributed by atoms with Gasteiger partial charge in [0.2, 0.25) is 0 Å². The number of nitrogens with one attached hydrogen (secondary N) is 1. The number of thiazole rings is 1. The van der Waals surface area contributed by atoms with Gasteiger partial charge < -0.3 is 0 Å². The Morgan fingerprint density at radius 2 is 2.33 bits per heavy atom. The van der Waals surface area contributed by atoms with Crippen LogP contribution in [0.1, 0.15) is 27.7 Å². The summed E-state index contributed by atoms with van der Waals surface area (Å²) in [5.74, 6) is 6.24. The van der Waals surface area contributed by atoms with Crippen molar-refractivity contribution in [3.05, 3.63) is 51.5 Å². The molecule has 1 aliphatic rings. The van der Waals surface area contributed by atoms with Crippen LogP contribution in [-0.2, 0) is 12.8 Å². The van der Waals surface area contributed by atoms with E-state index in [1.807, 2.05) is 6.92 Å². The topological polar surface area (TPSA) is 50.9 Å². The van der Waals surface area contributed by atoms with Crippen LogP contribution in [0.2, 0.25) is 0 Å². The van der Waals surface area contributed by atoms with Crippen molar-refractivity contribution in [3.8, 4) is 0 Å². The lowest BCUT2D eigenvalue weighted by Gasteiger charge is -2.36. The van der Waals surface area contributed by atoms with Crippen LogP contribution < -0.4 is 11.3 Å². The highest BCUT2D eigenvalue weighted by Crippen LogP contribution is 2.38. The fraction of sp³-hybridized carbons (Fsp3) is 0.357. The molecule has 3 N–H and O–H groups in total. The van der Waals surface area contributed by atoms with Gasteiger partial charge in [-0.15, -0.1) is 11.3 Å². The maximum atomic E-state index is 5.72. The van der Waals surface area contributed by atoms with E-state index in [1.54, 1.807) is 11.3 Å². The van der Waals surface area contributed by atoms with Gasteiger partial charge in [-0.1, -0.05) is 24.3 Å². The molecule has 1 heterocycles. The Morgan fingerprint density at radius 1 is 1.50 bits per heavy atom. The molecule has 3 nitrogen and oxygen atoms in total. The monoisotopic (exact) mass is 259 g/mol. The number of hydrazine groups is 1. The van der Waals surface area contributed by atoms with Crippen molar-refractivity contribution in [2.45, 2.75) is 31.7 Å². The molecule has 4 heteroatoms. The Balaban J connectivity index is 1.75. The lowest BCUT2D eigenvalue weighted by atomic mass is 9.72. The van der Waals surface area contributed by atoms with E-state index in [0.29, 0.717) is 5.92 Å². The van der Waals surface area contributed by atoms with E-state index < -0.39 is 0 Å². The molecule has 0 fully saturated rings. The van der Waals surface area contributed by atoms with Gasteiger partial charge in [0.1, 0.15) is 0 Å². The van der Waals surface area contributed by atoms with E-state index in [4.69, 9.17) is 5.84 Å². The minimum Gasteiger partial charge on any atom is -0.271 e. The van der Waals surface area contributed by atoms with Gasteiger partial charge in [0.05, 0.1) is 10.7 Å². The molecule has 1 aromatic carbocycles. The van der Waals surface area contributed by atoms with Crippen LogP contribution in [0.25, 0.3) is 0 Å². The first-order chi connectivity index (χ1) is 8.78. The number of aryl methyl sites for hydroxylation is 1. The van der Waals surface area contributed by atoms with Crippen LogP contribution in [-0.4, -0.2) is 11.0 Å². The lowest BCUT2D eigenvalue weighted by Crippen LogP contribution is -2.45. The Morgan fingerprint density at radius 3 is 3.00 bits per heavy atom. The summed E-state index contributed by atoms with van der Waals surface area (Å²) in [6.07, 6.45) is 2.02. The third-order valence-electron chi connectivity index (χ3n) is 3.69. The zero-order valence-corrected chi connectivity index (χ0v) is 11.2. The molecule has 18 heavy (non-hydrogen) atoms. The first kappa shape index (κ1) is 11.8. The Kier molecular flexibility index (Phi) is 3.16. The molecule has 3 rings (SSSR count). The van der Waals surface area contributed by atoms with Crippen LogP contribution in [0.15, 0.2) is 29.6 Å². The summed E-state index contributed by atoms with van der Waals surface area (Å²) in [6.45, 7) is 2.04. The lowest BCUT2D eigenvalue weighted by molar-refractivity contribution is 0.401. The molecular weight excluding hydrogens is 242 g/mol. The number of fused-ring (bicyclic) bond motifs is 1. The summed E-state index contributed by atoms with van der Waals surface area (Å²) in [4.78, 5) is 4.52. The molecule has 1 aromatic heterocycles. The first-order valence-corrected chi connectivity index (χ1v) is 7.11. The average molecular weight is 259 g/mol. The predicted octanol–water partition coefficient (Wildman–Crippen LogP) is 2.17. The van der Waals surface area contributed by atoms with Gasteiger partial charge in [-0.05, 0) is 24.5 Å².